The van der Waals surface area contributed by atoms with Crippen molar-refractivity contribution < 1.29 is 4.42 Å². The van der Waals surface area contributed by atoms with Gasteiger partial charge in [0.1, 0.15) is 59.1 Å². The average molecular weight is 1370 g/mol. The number of hydrogen-bond acceptors (Lipinski definition) is 22. The Kier molecular flexibility index (Phi) is 106. The summed E-state index contributed by atoms with van der Waals surface area (Å²) in [5.74, 6) is 3.81. The van der Waals surface area contributed by atoms with E-state index in [1.165, 1.54) is 58.1 Å². The maximum atomic E-state index is 4.86. The van der Waals surface area contributed by atoms with E-state index in [0.29, 0.717) is 11.8 Å². The summed E-state index contributed by atoms with van der Waals surface area (Å²) in [6.45, 7) is 63.0. The first kappa shape index (κ1) is 107. The Labute approximate surface area is 578 Å². The number of aromatic nitrogens is 26. The molecule has 0 fully saturated rings. The van der Waals surface area contributed by atoms with Gasteiger partial charge in [0.05, 0.1) is 6.20 Å². The van der Waals surface area contributed by atoms with Crippen LogP contribution < -0.4 is 0 Å². The van der Waals surface area contributed by atoms with Crippen LogP contribution in [0.4, 0.5) is 0 Å². The molecule has 0 aromatic carbocycles. The van der Waals surface area contributed by atoms with Crippen molar-refractivity contribution >= 4 is 34.4 Å². The van der Waals surface area contributed by atoms with Crippen molar-refractivity contribution in [1.29, 1.82) is 0 Å². The molecule has 0 amide bonds. The SMILES string of the molecule is CC.CC.CC.CC.CC.CC.CC.CC.CC.CC.Cc1ccn[nH]1.Cc1ccn[nH]1.Cc1ccns1.Cc1cn[nH]c1.Cc1cnsc1.Cc1ncn[nH]1.Cc1ncn[nH]1.Cc1ncn[nH]1.Cc1nnc(C)o1.Cc1nnc(C)s1.Cn1cccn1.Cn1cnnc1. The van der Waals surface area contributed by atoms with Crippen molar-refractivity contribution in [2.24, 2.45) is 14.1 Å². The molecule has 12 aromatic rings. The molecule has 0 radical (unpaired) electrons. The zero-order valence-corrected chi connectivity index (χ0v) is 66.4. The fraction of sp³-hybridized carbons (Fsp3) is 0.531. The van der Waals surface area contributed by atoms with E-state index in [1.807, 2.05) is 270 Å². The van der Waals surface area contributed by atoms with E-state index < -0.39 is 0 Å². The Morgan fingerprint density at radius 1 is 0.426 bits per heavy atom. The van der Waals surface area contributed by atoms with Crippen molar-refractivity contribution in [3.05, 3.63) is 178 Å². The summed E-state index contributed by atoms with van der Waals surface area (Å²) in [4.78, 5) is 12.5. The van der Waals surface area contributed by atoms with Crippen LogP contribution in [0.3, 0.4) is 0 Å². The molecule has 0 spiro atoms. The molecule has 0 aliphatic rings. The Hall–Kier alpha value is -8.64. The van der Waals surface area contributed by atoms with Crippen LogP contribution in [0.2, 0.25) is 0 Å². The minimum atomic E-state index is 0.623. The summed E-state index contributed by atoms with van der Waals surface area (Å²) < 4.78 is 16.1. The second-order valence-electron chi connectivity index (χ2n) is 14.3. The second-order valence-corrected chi connectivity index (χ2v) is 17.4. The zero-order valence-electron chi connectivity index (χ0n) is 64.0. The molecule has 12 rings (SSSR count). The van der Waals surface area contributed by atoms with Gasteiger partial charge in [0, 0.05) is 93.0 Å². The van der Waals surface area contributed by atoms with Gasteiger partial charge in [-0.3, -0.25) is 35.3 Å². The lowest BCUT2D eigenvalue weighted by atomic mass is 10.4. The van der Waals surface area contributed by atoms with Gasteiger partial charge in [-0.25, -0.2) is 23.7 Å². The summed E-state index contributed by atoms with van der Waals surface area (Å²) in [6.07, 6.45) is 22.1. The van der Waals surface area contributed by atoms with E-state index >= 15 is 0 Å². The van der Waals surface area contributed by atoms with E-state index in [1.54, 1.807) is 78.1 Å². The summed E-state index contributed by atoms with van der Waals surface area (Å²) in [5.41, 5.74) is 4.64. The van der Waals surface area contributed by atoms with E-state index in [4.69, 9.17) is 4.42 Å². The van der Waals surface area contributed by atoms with Gasteiger partial charge < -0.3 is 8.98 Å². The lowest BCUT2D eigenvalue weighted by Crippen LogP contribution is -1.83. The highest BCUT2D eigenvalue weighted by Crippen LogP contribution is 2.04. The van der Waals surface area contributed by atoms with Crippen LogP contribution in [0.5, 0.6) is 0 Å². The largest absolute Gasteiger partial charge is 0.426 e. The zero-order chi connectivity index (χ0) is 74.6. The quantitative estimate of drug-likeness (QED) is 0.0821. The van der Waals surface area contributed by atoms with Gasteiger partial charge >= 0.3 is 0 Å². The molecule has 12 heterocycles. The molecule has 30 heteroatoms. The van der Waals surface area contributed by atoms with Crippen LogP contribution in [-0.2, 0) is 14.1 Å². The topological polar surface area (TPSA) is 350 Å². The number of aromatic amines is 6. The van der Waals surface area contributed by atoms with Crippen molar-refractivity contribution in [1.82, 2.24) is 130 Å². The van der Waals surface area contributed by atoms with E-state index in [-0.39, 0.29) is 0 Å². The third-order valence-electron chi connectivity index (χ3n) is 7.07. The smallest absolute Gasteiger partial charge is 0.213 e. The fourth-order valence-corrected chi connectivity index (χ4v) is 5.21. The minimum absolute atomic E-state index is 0.623. The maximum absolute atomic E-state index is 4.86. The average Bonchev–Trinajstić information content (AvgIpc) is 4.08. The second kappa shape index (κ2) is 93.1. The molecule has 0 aliphatic carbocycles. The molecule has 0 saturated heterocycles. The predicted octanol–water partition coefficient (Wildman–Crippen LogP) is 17.7. The number of aryl methyl sites for hydroxylation is 14. The molecular formula is C64H126N26OS3. The standard InChI is InChI=1S/C4H6N2O.C4H6N2S.4C4H6N2.2C4H5NS.4C3H5N3.10C2H6/c2*1-3-5-6-4(2)7-3;1-4-2-5-6-3-4;1-6-4-2-3-5-6;2*1-4-2-3-5-6-4;1-4-2-5-6-3-4;1-4-2-3-5-6-4;1-6-2-4-5-3-6;3*1-3-4-2-5-6-3;10*1-2/h2*1-2H3;2-3H,1H3,(H,5,6);2-4H,1H3;2*2-3H,1H3,(H,5,6);3*2-3H,1H3;3*2H,1H3,(H,4,5,6);10*1-2H3. The first-order chi connectivity index (χ1) is 45.5. The van der Waals surface area contributed by atoms with Gasteiger partial charge in [0.25, 0.3) is 0 Å². The Bertz CT molecular complexity index is 2260. The highest BCUT2D eigenvalue weighted by atomic mass is 32.1. The highest BCUT2D eigenvalue weighted by molar-refractivity contribution is 7.11. The summed E-state index contributed by atoms with van der Waals surface area (Å²) in [7, 11) is 3.76. The molecule has 6 N–H and O–H groups in total. The molecule has 536 valence electrons. The molecule has 0 atom stereocenters. The first-order valence-corrected chi connectivity index (χ1v) is 34.3. The van der Waals surface area contributed by atoms with Crippen molar-refractivity contribution in [3.8, 4) is 0 Å². The lowest BCUT2D eigenvalue weighted by molar-refractivity contribution is 0.489. The number of hydrogen-bond donors (Lipinski definition) is 6. The molecule has 0 bridgehead atoms. The number of nitrogens with zero attached hydrogens (tertiary/aromatic N) is 20. The van der Waals surface area contributed by atoms with Crippen molar-refractivity contribution in [2.75, 3.05) is 0 Å². The van der Waals surface area contributed by atoms with Gasteiger partial charge in [-0.05, 0) is 128 Å². The van der Waals surface area contributed by atoms with E-state index in [0.717, 1.165) is 38.9 Å². The van der Waals surface area contributed by atoms with Crippen molar-refractivity contribution in [2.45, 2.75) is 222 Å². The molecule has 12 aromatic heterocycles. The predicted molar refractivity (Wildman–Crippen MR) is 398 cm³/mol. The Morgan fingerprint density at radius 2 is 0.840 bits per heavy atom. The molecule has 94 heavy (non-hydrogen) atoms. The number of H-pyrrole nitrogens is 6. The van der Waals surface area contributed by atoms with Crippen LogP contribution in [0.25, 0.3) is 0 Å². The van der Waals surface area contributed by atoms with Gasteiger partial charge in [-0.15, -0.1) is 41.9 Å². The fourth-order valence-electron chi connectivity index (χ4n) is 3.69. The van der Waals surface area contributed by atoms with Gasteiger partial charge in [0.15, 0.2) is 0 Å². The van der Waals surface area contributed by atoms with E-state index in [9.17, 15) is 0 Å². The molecule has 27 nitrogen and oxygen atoms in total. The number of rotatable bonds is 0. The van der Waals surface area contributed by atoms with Crippen LogP contribution in [0, 0.1) is 83.1 Å². The van der Waals surface area contributed by atoms with Crippen LogP contribution in [0.15, 0.2) is 115 Å². The van der Waals surface area contributed by atoms with Crippen LogP contribution >= 0.6 is 34.4 Å². The molecule has 0 unspecified atom stereocenters. The van der Waals surface area contributed by atoms with Crippen molar-refractivity contribution in [3.63, 3.8) is 0 Å². The van der Waals surface area contributed by atoms with Gasteiger partial charge in [0.2, 0.25) is 11.8 Å². The van der Waals surface area contributed by atoms with Crippen LogP contribution in [0.1, 0.15) is 205 Å². The maximum Gasteiger partial charge on any atom is 0.213 e. The Balaban J connectivity index is -0.0000000999. The van der Waals surface area contributed by atoms with E-state index in [2.05, 4.69) is 121 Å². The minimum Gasteiger partial charge on any atom is -0.426 e. The summed E-state index contributed by atoms with van der Waals surface area (Å²) >= 11 is 4.64. The third kappa shape index (κ3) is 89.8. The monoisotopic (exact) mass is 1370 g/mol. The molecule has 0 saturated carbocycles. The summed E-state index contributed by atoms with van der Waals surface area (Å²) in [6, 6.07) is 7.71. The third-order valence-corrected chi connectivity index (χ3v) is 9.18. The van der Waals surface area contributed by atoms with Gasteiger partial charge in [-0.2, -0.15) is 35.7 Å². The first-order valence-electron chi connectivity index (χ1n) is 31.8. The highest BCUT2D eigenvalue weighted by Gasteiger charge is 1.90. The summed E-state index contributed by atoms with van der Waals surface area (Å²) in [5, 5.41) is 67.7. The van der Waals surface area contributed by atoms with Crippen LogP contribution in [-0.4, -0.2) is 130 Å². The lowest BCUT2D eigenvalue weighted by Gasteiger charge is -1.77. The molecular weight excluding hydrogens is 1250 g/mol. The van der Waals surface area contributed by atoms with Gasteiger partial charge in [-0.1, -0.05) is 138 Å². The normalized spacial score (nSPS) is 7.68. The number of nitrogens with one attached hydrogen (secondary N) is 6. The molecule has 0 aliphatic heterocycles. The Morgan fingerprint density at radius 3 is 0.936 bits per heavy atom.